The highest BCUT2D eigenvalue weighted by Crippen LogP contribution is 2.57. The van der Waals surface area contributed by atoms with Crippen LogP contribution in [-0.4, -0.2) is 47.5 Å². The van der Waals surface area contributed by atoms with Crippen LogP contribution in [0.5, 0.6) is 0 Å². The summed E-state index contributed by atoms with van der Waals surface area (Å²) in [6.45, 7) is 0.0513. The van der Waals surface area contributed by atoms with Gasteiger partial charge in [0, 0.05) is 16.5 Å². The van der Waals surface area contributed by atoms with Crippen LogP contribution < -0.4 is 0 Å². The number of aliphatic hydroxyl groups excluding tert-OH is 1. The topological polar surface area (TPSA) is 46.5 Å². The minimum Gasteiger partial charge on any atom is -0.456 e. The molecule has 1 N–H and O–H groups in total. The van der Waals surface area contributed by atoms with Gasteiger partial charge in [-0.05, 0) is 17.7 Å². The van der Waals surface area contributed by atoms with Gasteiger partial charge < -0.3 is 9.84 Å². The van der Waals surface area contributed by atoms with Gasteiger partial charge in [-0.1, -0.05) is 34.6 Å². The maximum Gasteiger partial charge on any atom is 0.460 e. The molecule has 1 aromatic rings. The summed E-state index contributed by atoms with van der Waals surface area (Å²) in [5.41, 5.74) is -0.625. The lowest BCUT2D eigenvalue weighted by Crippen LogP contribution is -2.67. The van der Waals surface area contributed by atoms with Crippen molar-refractivity contribution >= 4 is 21.9 Å². The first kappa shape index (κ1) is 28.1. The van der Waals surface area contributed by atoms with E-state index in [4.69, 9.17) is 0 Å². The molecule has 182 valence electrons. The molecule has 0 fully saturated rings. The quantitative estimate of drug-likeness (QED) is 0.229. The summed E-state index contributed by atoms with van der Waals surface area (Å²) < 4.78 is 146. The Bertz CT molecular complexity index is 835. The average molecular weight is 553 g/mol. The van der Waals surface area contributed by atoms with E-state index in [2.05, 4.69) is 27.2 Å². The van der Waals surface area contributed by atoms with Crippen molar-refractivity contribution in [3.63, 3.8) is 0 Å². The molecule has 1 aromatic carbocycles. The summed E-state index contributed by atoms with van der Waals surface area (Å²) in [4.78, 5) is 11.6. The summed E-state index contributed by atoms with van der Waals surface area (Å²) in [6, 6.07) is 5.67. The fourth-order valence-corrected chi connectivity index (χ4v) is 2.34. The molecule has 0 amide bonds. The lowest BCUT2D eigenvalue weighted by atomic mass is 9.98. The van der Waals surface area contributed by atoms with Crippen molar-refractivity contribution in [2.45, 2.75) is 42.4 Å². The van der Waals surface area contributed by atoms with E-state index >= 15 is 0 Å². The van der Waals surface area contributed by atoms with E-state index in [9.17, 15) is 58.2 Å². The largest absolute Gasteiger partial charge is 0.460 e. The van der Waals surface area contributed by atoms with Crippen LogP contribution in [0, 0.1) is 0 Å². The molecule has 0 aliphatic carbocycles. The van der Waals surface area contributed by atoms with Crippen molar-refractivity contribution in [1.82, 2.24) is 0 Å². The van der Waals surface area contributed by atoms with Crippen molar-refractivity contribution in [2.75, 3.05) is 6.61 Å². The van der Waals surface area contributed by atoms with E-state index in [-0.39, 0.29) is 5.56 Å². The number of hydrogen-bond acceptors (Lipinski definition) is 3. The van der Waals surface area contributed by atoms with Crippen molar-refractivity contribution in [1.29, 1.82) is 0 Å². The molecule has 0 radical (unpaired) electrons. The van der Waals surface area contributed by atoms with E-state index < -0.39 is 60.5 Å². The molecule has 0 aromatic heterocycles. The number of benzene rings is 1. The molecule has 15 heteroatoms. The van der Waals surface area contributed by atoms with Crippen LogP contribution in [0.25, 0.3) is 0 Å². The summed E-state index contributed by atoms with van der Waals surface area (Å²) in [5, 5.41) is 9.92. The molecule has 0 saturated heterocycles. The third-order valence-corrected chi connectivity index (χ3v) is 4.50. The number of esters is 1. The standard InChI is InChI=1S/C17H12BrF11O3/c1-8(6-11(30)9-2-4-10(18)5-3-9)12(31)32-7-13(19,20)14(21,22)15(23,24)16(25,26)17(27,28)29/h2-5,11,30H,1,6-7H2. The molecule has 0 aliphatic rings. The Morgan fingerprint density at radius 3 is 1.81 bits per heavy atom. The van der Waals surface area contributed by atoms with Crippen LogP contribution in [0.2, 0.25) is 0 Å². The third kappa shape index (κ3) is 5.35. The molecular formula is C17H12BrF11O3. The Morgan fingerprint density at radius 2 is 1.38 bits per heavy atom. The van der Waals surface area contributed by atoms with Gasteiger partial charge in [-0.25, -0.2) is 4.79 Å². The van der Waals surface area contributed by atoms with E-state index in [0.717, 1.165) is 0 Å². The van der Waals surface area contributed by atoms with Gasteiger partial charge in [0.1, 0.15) is 0 Å². The smallest absolute Gasteiger partial charge is 0.456 e. The van der Waals surface area contributed by atoms with Crippen molar-refractivity contribution < 1.29 is 62.9 Å². The van der Waals surface area contributed by atoms with Gasteiger partial charge in [-0.2, -0.15) is 48.3 Å². The minimum absolute atomic E-state index is 0.188. The highest BCUT2D eigenvalue weighted by atomic mass is 79.9. The Kier molecular flexibility index (Phi) is 8.05. The number of hydrogen-bond donors (Lipinski definition) is 1. The molecule has 0 spiro atoms. The van der Waals surface area contributed by atoms with Crippen LogP contribution in [0.15, 0.2) is 40.9 Å². The number of rotatable bonds is 9. The van der Waals surface area contributed by atoms with E-state index in [1.165, 1.54) is 24.3 Å². The second kappa shape index (κ2) is 9.15. The minimum atomic E-state index is -7.59. The monoisotopic (exact) mass is 552 g/mol. The number of halogens is 12. The Morgan fingerprint density at radius 1 is 0.906 bits per heavy atom. The summed E-state index contributed by atoms with van der Waals surface area (Å²) in [7, 11) is 0. The van der Waals surface area contributed by atoms with Crippen LogP contribution >= 0.6 is 15.9 Å². The zero-order valence-electron chi connectivity index (χ0n) is 15.3. The maximum absolute atomic E-state index is 13.5. The van der Waals surface area contributed by atoms with Gasteiger partial charge in [-0.15, -0.1) is 0 Å². The van der Waals surface area contributed by atoms with E-state index in [0.29, 0.717) is 4.47 Å². The Balaban J connectivity index is 2.90. The van der Waals surface area contributed by atoms with Crippen LogP contribution in [-0.2, 0) is 9.53 Å². The second-order valence-electron chi connectivity index (χ2n) is 6.38. The van der Waals surface area contributed by atoms with Crippen molar-refractivity contribution in [2.24, 2.45) is 0 Å². The van der Waals surface area contributed by atoms with Crippen LogP contribution in [0.3, 0.4) is 0 Å². The van der Waals surface area contributed by atoms with Crippen molar-refractivity contribution in [3.8, 4) is 0 Å². The second-order valence-corrected chi connectivity index (χ2v) is 7.29. The van der Waals surface area contributed by atoms with Gasteiger partial charge in [0.05, 0.1) is 6.10 Å². The molecule has 0 aliphatic heterocycles. The van der Waals surface area contributed by atoms with E-state index in [1.807, 2.05) is 0 Å². The van der Waals surface area contributed by atoms with Gasteiger partial charge in [0.2, 0.25) is 0 Å². The SMILES string of the molecule is C=C(CC(O)c1ccc(Br)cc1)C(=O)OCC(F)(F)C(F)(F)C(F)(F)C(F)(F)C(F)(F)F. The van der Waals surface area contributed by atoms with Crippen molar-refractivity contribution in [3.05, 3.63) is 46.5 Å². The van der Waals surface area contributed by atoms with Crippen LogP contribution in [0.4, 0.5) is 48.3 Å². The predicted octanol–water partition coefficient (Wildman–Crippen LogP) is 6.08. The Hall–Kier alpha value is -1.90. The number of ether oxygens (including phenoxy) is 1. The number of carbonyl (C=O) groups is 1. The molecule has 32 heavy (non-hydrogen) atoms. The molecule has 1 rings (SSSR count). The highest BCUT2D eigenvalue weighted by molar-refractivity contribution is 9.10. The summed E-state index contributed by atoms with van der Waals surface area (Å²) >= 11 is 3.09. The van der Waals surface area contributed by atoms with Gasteiger partial charge in [-0.3, -0.25) is 0 Å². The van der Waals surface area contributed by atoms with Crippen LogP contribution in [0.1, 0.15) is 18.1 Å². The summed E-state index contributed by atoms with van der Waals surface area (Å²) in [6.07, 6.45) is -9.46. The first-order valence-corrected chi connectivity index (χ1v) is 8.84. The molecule has 0 heterocycles. The van der Waals surface area contributed by atoms with Gasteiger partial charge in [0.15, 0.2) is 6.61 Å². The number of aliphatic hydroxyl groups is 1. The zero-order valence-corrected chi connectivity index (χ0v) is 16.9. The fourth-order valence-electron chi connectivity index (χ4n) is 2.07. The normalized spacial score (nSPS) is 14.8. The highest BCUT2D eigenvalue weighted by Gasteiger charge is 2.87. The summed E-state index contributed by atoms with van der Waals surface area (Å²) in [5.74, 6) is -30.7. The molecule has 0 bridgehead atoms. The molecule has 3 nitrogen and oxygen atoms in total. The van der Waals surface area contributed by atoms with E-state index in [1.54, 1.807) is 0 Å². The molecule has 1 atom stereocenters. The average Bonchev–Trinajstić information content (AvgIpc) is 2.65. The molecule has 0 saturated carbocycles. The Labute approximate surface area is 181 Å². The fraction of sp³-hybridized carbons (Fsp3) is 0.471. The molecule has 1 unspecified atom stereocenters. The first-order valence-electron chi connectivity index (χ1n) is 8.05. The maximum atomic E-state index is 13.5. The first-order chi connectivity index (χ1) is 14.2. The van der Waals surface area contributed by atoms with Gasteiger partial charge in [0.25, 0.3) is 0 Å². The number of alkyl halides is 11. The third-order valence-electron chi connectivity index (χ3n) is 3.97. The lowest BCUT2D eigenvalue weighted by molar-refractivity contribution is -0.423. The lowest BCUT2D eigenvalue weighted by Gasteiger charge is -2.36. The van der Waals surface area contributed by atoms with Gasteiger partial charge >= 0.3 is 35.8 Å². The zero-order chi connectivity index (χ0) is 25.3. The predicted molar refractivity (Wildman–Crippen MR) is 89.7 cm³/mol. The molecular weight excluding hydrogens is 541 g/mol. The number of carbonyl (C=O) groups excluding carboxylic acids is 1.